The molecular weight excluding hydrogens is 345 g/mol. The molecule has 2 aromatic carbocycles. The first kappa shape index (κ1) is 16.9. The minimum Gasteiger partial charge on any atom is -0.440 e. The summed E-state index contributed by atoms with van der Waals surface area (Å²) in [5, 5.41) is 0. The first-order valence-corrected chi connectivity index (χ1v) is 8.39. The number of hydrogen-bond donors (Lipinski definition) is 0. The number of nitrogens with zero attached hydrogens (tertiary/aromatic N) is 2. The van der Waals surface area contributed by atoms with E-state index < -0.39 is 6.36 Å². The number of rotatable bonds is 4. The van der Waals surface area contributed by atoms with Gasteiger partial charge in [-0.3, -0.25) is 4.90 Å². The molecule has 0 N–H and O–H groups in total. The predicted molar refractivity (Wildman–Crippen MR) is 89.8 cm³/mol. The summed E-state index contributed by atoms with van der Waals surface area (Å²) in [7, 11) is 0. The van der Waals surface area contributed by atoms with Crippen molar-refractivity contribution in [3.8, 4) is 5.75 Å². The van der Waals surface area contributed by atoms with E-state index in [1.807, 2.05) is 24.3 Å². The normalized spacial score (nSPS) is 18.5. The van der Waals surface area contributed by atoms with Gasteiger partial charge in [0.15, 0.2) is 11.5 Å². The van der Waals surface area contributed by atoms with Gasteiger partial charge in [-0.05, 0) is 42.8 Å². The maximum absolute atomic E-state index is 12.2. The van der Waals surface area contributed by atoms with Crippen LogP contribution in [0.3, 0.4) is 0 Å². The van der Waals surface area contributed by atoms with Crippen molar-refractivity contribution < 1.29 is 22.3 Å². The zero-order valence-corrected chi connectivity index (χ0v) is 13.9. The van der Waals surface area contributed by atoms with Gasteiger partial charge in [-0.1, -0.05) is 24.3 Å². The van der Waals surface area contributed by atoms with Gasteiger partial charge in [-0.2, -0.15) is 0 Å². The van der Waals surface area contributed by atoms with E-state index in [4.69, 9.17) is 4.42 Å². The van der Waals surface area contributed by atoms with Gasteiger partial charge in [0.25, 0.3) is 0 Å². The number of alkyl halides is 3. The molecule has 2 heterocycles. The molecular formula is C19H17F3N2O2. The van der Waals surface area contributed by atoms with Crippen LogP contribution in [-0.4, -0.2) is 29.3 Å². The number of fused-ring (bicyclic) bond motifs is 1. The van der Waals surface area contributed by atoms with E-state index in [0.717, 1.165) is 42.1 Å². The molecule has 1 atom stereocenters. The average Bonchev–Trinajstić information content (AvgIpc) is 3.21. The van der Waals surface area contributed by atoms with Crippen LogP contribution in [0.5, 0.6) is 5.75 Å². The van der Waals surface area contributed by atoms with Crippen molar-refractivity contribution >= 4 is 11.1 Å². The highest BCUT2D eigenvalue weighted by molar-refractivity contribution is 5.72. The van der Waals surface area contributed by atoms with E-state index in [0.29, 0.717) is 6.54 Å². The van der Waals surface area contributed by atoms with Gasteiger partial charge in [0.1, 0.15) is 11.3 Å². The van der Waals surface area contributed by atoms with Crippen LogP contribution in [-0.2, 0) is 6.54 Å². The van der Waals surface area contributed by atoms with Crippen LogP contribution < -0.4 is 4.74 Å². The third kappa shape index (κ3) is 3.83. The molecule has 1 aliphatic rings. The van der Waals surface area contributed by atoms with Crippen molar-refractivity contribution in [3.63, 3.8) is 0 Å². The standard InChI is InChI=1S/C19H17F3N2O2/c20-19(21,22)26-15-7-5-13(6-8-15)11-24-10-9-14(12-24)18-23-16-3-1-2-4-17(16)25-18/h1-8,14H,9-12H2/t14-/m0/s1. The summed E-state index contributed by atoms with van der Waals surface area (Å²) in [6, 6.07) is 13.7. The summed E-state index contributed by atoms with van der Waals surface area (Å²) in [5.74, 6) is 0.782. The van der Waals surface area contributed by atoms with Crippen LogP contribution in [0.4, 0.5) is 13.2 Å². The first-order chi connectivity index (χ1) is 12.5. The minimum absolute atomic E-state index is 0.202. The molecule has 0 unspecified atom stereocenters. The van der Waals surface area contributed by atoms with Gasteiger partial charge in [0, 0.05) is 19.0 Å². The lowest BCUT2D eigenvalue weighted by molar-refractivity contribution is -0.274. The smallest absolute Gasteiger partial charge is 0.440 e. The van der Waals surface area contributed by atoms with E-state index in [-0.39, 0.29) is 11.7 Å². The lowest BCUT2D eigenvalue weighted by atomic mass is 10.1. The van der Waals surface area contributed by atoms with Crippen molar-refractivity contribution in [2.75, 3.05) is 13.1 Å². The molecule has 1 saturated heterocycles. The second kappa shape index (κ2) is 6.64. The van der Waals surface area contributed by atoms with E-state index in [2.05, 4.69) is 14.6 Å². The highest BCUT2D eigenvalue weighted by Crippen LogP contribution is 2.30. The lowest BCUT2D eigenvalue weighted by Gasteiger charge is -2.16. The number of para-hydroxylation sites is 2. The SMILES string of the molecule is FC(F)(F)Oc1ccc(CN2CC[C@H](c3nc4ccccc4o3)C2)cc1. The Morgan fingerprint density at radius 2 is 1.88 bits per heavy atom. The molecule has 0 radical (unpaired) electrons. The van der Waals surface area contributed by atoms with Gasteiger partial charge in [-0.15, -0.1) is 13.2 Å². The third-order valence-corrected chi connectivity index (χ3v) is 4.50. The van der Waals surface area contributed by atoms with Gasteiger partial charge >= 0.3 is 6.36 Å². The Hall–Kier alpha value is -2.54. The maximum atomic E-state index is 12.2. The van der Waals surface area contributed by atoms with E-state index in [1.54, 1.807) is 12.1 Å². The van der Waals surface area contributed by atoms with Crippen LogP contribution in [0.1, 0.15) is 23.8 Å². The number of benzene rings is 2. The Labute approximate surface area is 148 Å². The summed E-state index contributed by atoms with van der Waals surface area (Å²) < 4.78 is 46.4. The first-order valence-electron chi connectivity index (χ1n) is 8.39. The highest BCUT2D eigenvalue weighted by Gasteiger charge is 2.31. The van der Waals surface area contributed by atoms with Gasteiger partial charge in [0.2, 0.25) is 0 Å². The predicted octanol–water partition coefficient (Wildman–Crippen LogP) is 4.72. The molecule has 0 bridgehead atoms. The van der Waals surface area contributed by atoms with E-state index in [9.17, 15) is 13.2 Å². The van der Waals surface area contributed by atoms with Gasteiger partial charge < -0.3 is 9.15 Å². The number of hydrogen-bond acceptors (Lipinski definition) is 4. The van der Waals surface area contributed by atoms with Crippen LogP contribution >= 0.6 is 0 Å². The molecule has 26 heavy (non-hydrogen) atoms. The molecule has 1 aromatic heterocycles. The van der Waals surface area contributed by atoms with Gasteiger partial charge in [-0.25, -0.2) is 4.98 Å². The molecule has 4 nitrogen and oxygen atoms in total. The number of aromatic nitrogens is 1. The quantitative estimate of drug-likeness (QED) is 0.673. The molecule has 0 saturated carbocycles. The zero-order chi connectivity index (χ0) is 18.1. The van der Waals surface area contributed by atoms with Crippen LogP contribution in [0.15, 0.2) is 52.9 Å². The maximum Gasteiger partial charge on any atom is 0.573 e. The Kier molecular flexibility index (Phi) is 4.32. The summed E-state index contributed by atoms with van der Waals surface area (Å²) in [4.78, 5) is 6.81. The fraction of sp³-hybridized carbons (Fsp3) is 0.316. The fourth-order valence-corrected chi connectivity index (χ4v) is 3.30. The molecule has 0 amide bonds. The average molecular weight is 362 g/mol. The molecule has 0 aliphatic carbocycles. The summed E-state index contributed by atoms with van der Waals surface area (Å²) >= 11 is 0. The summed E-state index contributed by atoms with van der Waals surface area (Å²) in [5.41, 5.74) is 2.60. The highest BCUT2D eigenvalue weighted by atomic mass is 19.4. The Bertz CT molecular complexity index is 857. The Balaban J connectivity index is 1.38. The number of likely N-dealkylation sites (tertiary alicyclic amines) is 1. The van der Waals surface area contributed by atoms with Crippen LogP contribution in [0.2, 0.25) is 0 Å². The fourth-order valence-electron chi connectivity index (χ4n) is 3.30. The Morgan fingerprint density at radius 3 is 2.62 bits per heavy atom. The second-order valence-electron chi connectivity index (χ2n) is 6.43. The second-order valence-corrected chi connectivity index (χ2v) is 6.43. The number of ether oxygens (including phenoxy) is 1. The monoisotopic (exact) mass is 362 g/mol. The van der Waals surface area contributed by atoms with Crippen molar-refractivity contribution in [2.24, 2.45) is 0 Å². The number of halogens is 3. The topological polar surface area (TPSA) is 38.5 Å². The van der Waals surface area contributed by atoms with Crippen LogP contribution in [0.25, 0.3) is 11.1 Å². The molecule has 4 rings (SSSR count). The van der Waals surface area contributed by atoms with Gasteiger partial charge in [0.05, 0.1) is 0 Å². The van der Waals surface area contributed by atoms with E-state index in [1.165, 1.54) is 12.1 Å². The van der Waals surface area contributed by atoms with Crippen molar-refractivity contribution in [1.82, 2.24) is 9.88 Å². The Morgan fingerprint density at radius 1 is 1.12 bits per heavy atom. The van der Waals surface area contributed by atoms with Crippen molar-refractivity contribution in [2.45, 2.75) is 25.2 Å². The lowest BCUT2D eigenvalue weighted by Crippen LogP contribution is -2.20. The minimum atomic E-state index is -4.66. The zero-order valence-electron chi connectivity index (χ0n) is 13.9. The van der Waals surface area contributed by atoms with Crippen LogP contribution in [0, 0.1) is 0 Å². The molecule has 1 fully saturated rings. The number of oxazole rings is 1. The molecule has 7 heteroatoms. The van der Waals surface area contributed by atoms with Crippen molar-refractivity contribution in [1.29, 1.82) is 0 Å². The molecule has 136 valence electrons. The molecule has 3 aromatic rings. The van der Waals surface area contributed by atoms with Crippen molar-refractivity contribution in [3.05, 3.63) is 60.0 Å². The molecule has 0 spiro atoms. The molecule has 1 aliphatic heterocycles. The third-order valence-electron chi connectivity index (χ3n) is 4.50. The largest absolute Gasteiger partial charge is 0.573 e. The van der Waals surface area contributed by atoms with E-state index >= 15 is 0 Å². The summed E-state index contributed by atoms with van der Waals surface area (Å²) in [6.07, 6.45) is -3.72. The summed E-state index contributed by atoms with van der Waals surface area (Å²) in [6.45, 7) is 2.38.